The molecule has 3 rings (SSSR count). The van der Waals surface area contributed by atoms with Gasteiger partial charge in [0, 0.05) is 38.3 Å². The van der Waals surface area contributed by atoms with Gasteiger partial charge < -0.3 is 9.42 Å². The Labute approximate surface area is 138 Å². The third-order valence-corrected chi connectivity index (χ3v) is 4.42. The van der Waals surface area contributed by atoms with Crippen LogP contribution in [0.1, 0.15) is 17.0 Å². The number of benzene rings is 1. The van der Waals surface area contributed by atoms with Crippen LogP contribution in [-0.4, -0.2) is 41.2 Å². The van der Waals surface area contributed by atoms with Gasteiger partial charge in [0.2, 0.25) is 5.82 Å². The van der Waals surface area contributed by atoms with Gasteiger partial charge >= 0.3 is 5.69 Å². The van der Waals surface area contributed by atoms with Crippen LogP contribution in [0.4, 0.5) is 15.8 Å². The average molecular weight is 334 g/mol. The van der Waals surface area contributed by atoms with Gasteiger partial charge in [-0.3, -0.25) is 15.0 Å². The van der Waals surface area contributed by atoms with Gasteiger partial charge in [0.05, 0.1) is 10.6 Å². The molecule has 7 nitrogen and oxygen atoms in total. The Morgan fingerprint density at radius 1 is 1.29 bits per heavy atom. The largest absolute Gasteiger partial charge is 0.363 e. The van der Waals surface area contributed by atoms with Crippen LogP contribution in [-0.2, 0) is 6.54 Å². The van der Waals surface area contributed by atoms with E-state index in [1.54, 1.807) is 6.07 Å². The standard InChI is InChI=1S/C16H19FN4O3/c1-11-13(12(2)24-18-11)10-19-6-8-20(9-7-19)15-5-3-4-14(17)16(15)21(22)23/h3-5H,6-10H2,1-2H3. The number of hydrogen-bond acceptors (Lipinski definition) is 6. The van der Waals surface area contributed by atoms with Crippen molar-refractivity contribution in [2.75, 3.05) is 31.1 Å². The molecule has 1 aromatic carbocycles. The van der Waals surface area contributed by atoms with Crippen LogP contribution in [0.5, 0.6) is 0 Å². The zero-order valence-electron chi connectivity index (χ0n) is 13.7. The number of hydrogen-bond donors (Lipinski definition) is 0. The number of aryl methyl sites for hydroxylation is 2. The van der Waals surface area contributed by atoms with Gasteiger partial charge in [-0.1, -0.05) is 11.2 Å². The molecule has 0 radical (unpaired) electrons. The first-order chi connectivity index (χ1) is 11.5. The Balaban J connectivity index is 1.70. The van der Waals surface area contributed by atoms with Crippen LogP contribution < -0.4 is 4.90 Å². The minimum atomic E-state index is -0.796. The summed E-state index contributed by atoms with van der Waals surface area (Å²) in [6, 6.07) is 4.23. The molecule has 1 aromatic heterocycles. The van der Waals surface area contributed by atoms with Gasteiger partial charge in [0.15, 0.2) is 0 Å². The first kappa shape index (κ1) is 16.4. The van der Waals surface area contributed by atoms with E-state index in [4.69, 9.17) is 4.52 Å². The molecule has 0 atom stereocenters. The molecule has 2 aromatic rings. The highest BCUT2D eigenvalue weighted by Gasteiger charge is 2.27. The van der Waals surface area contributed by atoms with Gasteiger partial charge in [0.1, 0.15) is 11.4 Å². The second-order valence-corrected chi connectivity index (χ2v) is 5.93. The predicted octanol–water partition coefficient (Wildman–Crippen LogP) is 2.66. The van der Waals surface area contributed by atoms with Crippen molar-refractivity contribution in [3.05, 3.63) is 51.1 Å². The number of para-hydroxylation sites is 1. The summed E-state index contributed by atoms with van der Waals surface area (Å²) < 4.78 is 19.0. The van der Waals surface area contributed by atoms with Gasteiger partial charge in [-0.25, -0.2) is 0 Å². The van der Waals surface area contributed by atoms with E-state index < -0.39 is 16.4 Å². The van der Waals surface area contributed by atoms with Crippen LogP contribution in [0, 0.1) is 29.8 Å². The van der Waals surface area contributed by atoms with E-state index >= 15 is 0 Å². The molecule has 1 fully saturated rings. The lowest BCUT2D eigenvalue weighted by atomic mass is 10.1. The molecule has 2 heterocycles. The number of aromatic nitrogens is 1. The van der Waals surface area contributed by atoms with Gasteiger partial charge in [-0.2, -0.15) is 4.39 Å². The summed E-state index contributed by atoms with van der Waals surface area (Å²) in [5.41, 5.74) is 1.87. The molecule has 0 N–H and O–H groups in total. The summed E-state index contributed by atoms with van der Waals surface area (Å²) in [5.74, 6) is 0.0198. The zero-order valence-corrected chi connectivity index (χ0v) is 13.7. The van der Waals surface area contributed by atoms with E-state index in [1.807, 2.05) is 18.7 Å². The number of piperazine rings is 1. The third-order valence-electron chi connectivity index (χ3n) is 4.42. The summed E-state index contributed by atoms with van der Waals surface area (Å²) in [6.07, 6.45) is 0. The molecule has 0 spiro atoms. The second kappa shape index (κ2) is 6.56. The summed E-state index contributed by atoms with van der Waals surface area (Å²) in [4.78, 5) is 14.6. The monoisotopic (exact) mass is 334 g/mol. The second-order valence-electron chi connectivity index (χ2n) is 5.93. The topological polar surface area (TPSA) is 75.7 Å². The maximum atomic E-state index is 13.8. The molecule has 8 heteroatoms. The predicted molar refractivity (Wildman–Crippen MR) is 86.5 cm³/mol. The van der Waals surface area contributed by atoms with E-state index in [-0.39, 0.29) is 0 Å². The Bertz CT molecular complexity index is 734. The van der Waals surface area contributed by atoms with E-state index in [0.29, 0.717) is 18.8 Å². The number of anilines is 1. The Morgan fingerprint density at radius 3 is 2.58 bits per heavy atom. The van der Waals surface area contributed by atoms with Crippen molar-refractivity contribution in [2.24, 2.45) is 0 Å². The first-order valence-electron chi connectivity index (χ1n) is 7.79. The highest BCUT2D eigenvalue weighted by Crippen LogP contribution is 2.31. The minimum absolute atomic E-state index is 0.344. The van der Waals surface area contributed by atoms with E-state index in [0.717, 1.165) is 42.7 Å². The van der Waals surface area contributed by atoms with Gasteiger partial charge in [-0.15, -0.1) is 0 Å². The molecule has 1 aliphatic heterocycles. The molecular formula is C16H19FN4O3. The van der Waals surface area contributed by atoms with Crippen molar-refractivity contribution < 1.29 is 13.8 Å². The normalized spacial score (nSPS) is 15.7. The molecule has 24 heavy (non-hydrogen) atoms. The van der Waals surface area contributed by atoms with Crippen molar-refractivity contribution in [3.8, 4) is 0 Å². The van der Waals surface area contributed by atoms with Crippen LogP contribution >= 0.6 is 0 Å². The van der Waals surface area contributed by atoms with E-state index in [9.17, 15) is 14.5 Å². The minimum Gasteiger partial charge on any atom is -0.363 e. The van der Waals surface area contributed by atoms with Crippen LogP contribution in [0.15, 0.2) is 22.7 Å². The molecule has 128 valence electrons. The molecule has 0 aliphatic carbocycles. The molecular weight excluding hydrogens is 315 g/mol. The smallest absolute Gasteiger partial charge is 0.327 e. The van der Waals surface area contributed by atoms with Crippen molar-refractivity contribution in [2.45, 2.75) is 20.4 Å². The maximum Gasteiger partial charge on any atom is 0.327 e. The van der Waals surface area contributed by atoms with Gasteiger partial charge in [-0.05, 0) is 26.0 Å². The lowest BCUT2D eigenvalue weighted by Gasteiger charge is -2.35. The SMILES string of the molecule is Cc1noc(C)c1CN1CCN(c2cccc(F)c2[N+](=O)[O-])CC1. The highest BCUT2D eigenvalue weighted by molar-refractivity contribution is 5.64. The quantitative estimate of drug-likeness (QED) is 0.632. The van der Waals surface area contributed by atoms with Crippen LogP contribution in [0.2, 0.25) is 0 Å². The Kier molecular flexibility index (Phi) is 4.48. The van der Waals surface area contributed by atoms with Crippen molar-refractivity contribution in [3.63, 3.8) is 0 Å². The Hall–Kier alpha value is -2.48. The Morgan fingerprint density at radius 2 is 2.00 bits per heavy atom. The number of halogens is 1. The molecule has 0 bridgehead atoms. The molecule has 1 aliphatic rings. The van der Waals surface area contributed by atoms with Crippen molar-refractivity contribution in [1.82, 2.24) is 10.1 Å². The first-order valence-corrected chi connectivity index (χ1v) is 7.79. The van der Waals surface area contributed by atoms with Crippen molar-refractivity contribution >= 4 is 11.4 Å². The number of nitrogens with zero attached hydrogens (tertiary/aromatic N) is 4. The maximum absolute atomic E-state index is 13.8. The van der Waals surface area contributed by atoms with Crippen LogP contribution in [0.25, 0.3) is 0 Å². The third kappa shape index (κ3) is 3.09. The number of nitro benzene ring substituents is 1. The molecule has 1 saturated heterocycles. The van der Waals surface area contributed by atoms with E-state index in [2.05, 4.69) is 10.1 Å². The van der Waals surface area contributed by atoms with Crippen molar-refractivity contribution in [1.29, 1.82) is 0 Å². The van der Waals surface area contributed by atoms with Gasteiger partial charge in [0.25, 0.3) is 0 Å². The molecule has 0 saturated carbocycles. The average Bonchev–Trinajstić information content (AvgIpc) is 2.87. The zero-order chi connectivity index (χ0) is 17.3. The summed E-state index contributed by atoms with van der Waals surface area (Å²) in [5, 5.41) is 15.1. The fraction of sp³-hybridized carbons (Fsp3) is 0.438. The van der Waals surface area contributed by atoms with Crippen LogP contribution in [0.3, 0.4) is 0 Å². The summed E-state index contributed by atoms with van der Waals surface area (Å²) in [6.45, 7) is 7.22. The summed E-state index contributed by atoms with van der Waals surface area (Å²) >= 11 is 0. The fourth-order valence-corrected chi connectivity index (χ4v) is 3.04. The number of rotatable bonds is 4. The molecule has 0 amide bonds. The fourth-order valence-electron chi connectivity index (χ4n) is 3.04. The lowest BCUT2D eigenvalue weighted by Crippen LogP contribution is -2.46. The molecule has 0 unspecified atom stereocenters. The summed E-state index contributed by atoms with van der Waals surface area (Å²) in [7, 11) is 0. The number of nitro groups is 1. The lowest BCUT2D eigenvalue weighted by molar-refractivity contribution is -0.386. The highest BCUT2D eigenvalue weighted by atomic mass is 19.1. The van der Waals surface area contributed by atoms with E-state index in [1.165, 1.54) is 6.07 Å².